The van der Waals surface area contributed by atoms with Crippen LogP contribution in [-0.4, -0.2) is 11.2 Å². The van der Waals surface area contributed by atoms with Crippen LogP contribution >= 0.6 is 0 Å². The van der Waals surface area contributed by atoms with Crippen LogP contribution in [0.2, 0.25) is 0 Å². The van der Waals surface area contributed by atoms with Gasteiger partial charge in [-0.1, -0.05) is 19.4 Å². The van der Waals surface area contributed by atoms with E-state index < -0.39 is 0 Å². The maximum Gasteiger partial charge on any atom is 0.123 e. The molecule has 0 aromatic heterocycles. The Hall–Kier alpha value is -1.18. The molecule has 0 amide bonds. The molecule has 1 rings (SSSR count). The van der Waals surface area contributed by atoms with Crippen molar-refractivity contribution < 1.29 is 9.84 Å². The minimum absolute atomic E-state index is 0.215. The number of hydrogen-bond donors (Lipinski definition) is 1. The molecule has 1 atom stereocenters. The van der Waals surface area contributed by atoms with Crippen molar-refractivity contribution >= 4 is 0 Å². The van der Waals surface area contributed by atoms with E-state index in [1.165, 1.54) is 0 Å². The summed E-state index contributed by atoms with van der Waals surface area (Å²) in [4.78, 5) is 0. The lowest BCUT2D eigenvalue weighted by atomic mass is 10.2. The molecule has 13 heavy (non-hydrogen) atoms. The molecule has 2 heteroatoms. The molecule has 0 spiro atoms. The summed E-state index contributed by atoms with van der Waals surface area (Å²) in [6.45, 7) is 4.16. The largest absolute Gasteiger partial charge is 0.508 e. The first-order chi connectivity index (χ1) is 6.22. The first kappa shape index (κ1) is 9.90. The van der Waals surface area contributed by atoms with Crippen molar-refractivity contribution in [3.63, 3.8) is 0 Å². The second-order valence-electron chi connectivity index (χ2n) is 3.21. The summed E-state index contributed by atoms with van der Waals surface area (Å²) >= 11 is 0. The summed E-state index contributed by atoms with van der Waals surface area (Å²) in [5.41, 5.74) is 0. The minimum Gasteiger partial charge on any atom is -0.508 e. The average molecular weight is 180 g/mol. The molecule has 1 aromatic rings. The van der Waals surface area contributed by atoms with Crippen LogP contribution in [0.4, 0.5) is 0 Å². The van der Waals surface area contributed by atoms with E-state index in [1.54, 1.807) is 18.2 Å². The van der Waals surface area contributed by atoms with E-state index >= 15 is 0 Å². The van der Waals surface area contributed by atoms with Crippen molar-refractivity contribution in [1.29, 1.82) is 0 Å². The van der Waals surface area contributed by atoms with Crippen LogP contribution in [0.3, 0.4) is 0 Å². The molecule has 0 radical (unpaired) electrons. The Morgan fingerprint density at radius 2 is 2.23 bits per heavy atom. The van der Waals surface area contributed by atoms with Gasteiger partial charge in [0.05, 0.1) is 6.10 Å². The van der Waals surface area contributed by atoms with E-state index in [2.05, 4.69) is 6.92 Å². The maximum atomic E-state index is 9.18. The standard InChI is InChI=1S/C11H16O2/c1-3-5-9(2)13-11-7-4-6-10(12)8-11/h4,6-9,12H,3,5H2,1-2H3. The van der Waals surface area contributed by atoms with Gasteiger partial charge in [-0.3, -0.25) is 0 Å². The number of ether oxygens (including phenoxy) is 1. The number of phenols is 1. The zero-order valence-electron chi connectivity index (χ0n) is 8.16. The van der Waals surface area contributed by atoms with E-state index in [9.17, 15) is 5.11 Å². The van der Waals surface area contributed by atoms with Gasteiger partial charge in [-0.15, -0.1) is 0 Å². The molecule has 0 fully saturated rings. The summed E-state index contributed by atoms with van der Waals surface area (Å²) in [6.07, 6.45) is 2.36. The summed E-state index contributed by atoms with van der Waals surface area (Å²) < 4.78 is 5.58. The van der Waals surface area contributed by atoms with Gasteiger partial charge in [0.1, 0.15) is 11.5 Å². The highest BCUT2D eigenvalue weighted by Gasteiger charge is 2.02. The zero-order valence-corrected chi connectivity index (χ0v) is 8.16. The molecule has 1 aromatic carbocycles. The summed E-state index contributed by atoms with van der Waals surface area (Å²) in [5.74, 6) is 0.988. The molecule has 0 saturated heterocycles. The van der Waals surface area contributed by atoms with Crippen molar-refractivity contribution in [2.24, 2.45) is 0 Å². The average Bonchev–Trinajstić information content (AvgIpc) is 2.04. The van der Waals surface area contributed by atoms with Gasteiger partial charge in [0.2, 0.25) is 0 Å². The van der Waals surface area contributed by atoms with Crippen LogP contribution in [0, 0.1) is 0 Å². The van der Waals surface area contributed by atoms with Crippen molar-refractivity contribution in [2.75, 3.05) is 0 Å². The lowest BCUT2D eigenvalue weighted by Crippen LogP contribution is -2.10. The third-order valence-corrected chi connectivity index (χ3v) is 1.85. The topological polar surface area (TPSA) is 29.5 Å². The number of benzene rings is 1. The molecule has 0 bridgehead atoms. The molecule has 1 N–H and O–H groups in total. The molecular weight excluding hydrogens is 164 g/mol. The minimum atomic E-state index is 0.215. The van der Waals surface area contributed by atoms with Gasteiger partial charge in [0, 0.05) is 6.07 Å². The predicted molar refractivity (Wildman–Crippen MR) is 53.1 cm³/mol. The molecule has 0 aliphatic rings. The van der Waals surface area contributed by atoms with Gasteiger partial charge >= 0.3 is 0 Å². The third kappa shape index (κ3) is 3.36. The molecule has 0 aliphatic heterocycles. The number of rotatable bonds is 4. The number of hydrogen-bond acceptors (Lipinski definition) is 2. The normalized spacial score (nSPS) is 12.5. The Bertz CT molecular complexity index is 258. The fraction of sp³-hybridized carbons (Fsp3) is 0.455. The lowest BCUT2D eigenvalue weighted by molar-refractivity contribution is 0.209. The van der Waals surface area contributed by atoms with Gasteiger partial charge in [-0.2, -0.15) is 0 Å². The Kier molecular flexibility index (Phi) is 3.62. The molecule has 1 unspecified atom stereocenters. The second-order valence-corrected chi connectivity index (χ2v) is 3.21. The smallest absolute Gasteiger partial charge is 0.123 e. The molecule has 0 heterocycles. The summed E-state index contributed by atoms with van der Waals surface area (Å²) in [5, 5.41) is 9.18. The first-order valence-electron chi connectivity index (χ1n) is 4.68. The van der Waals surface area contributed by atoms with Crippen LogP contribution in [0.1, 0.15) is 26.7 Å². The molecular formula is C11H16O2. The number of phenolic OH excluding ortho intramolecular Hbond substituents is 1. The summed E-state index contributed by atoms with van der Waals surface area (Å²) in [6, 6.07) is 6.90. The van der Waals surface area contributed by atoms with E-state index in [0.29, 0.717) is 0 Å². The van der Waals surface area contributed by atoms with Gasteiger partial charge in [0.15, 0.2) is 0 Å². The van der Waals surface area contributed by atoms with Gasteiger partial charge < -0.3 is 9.84 Å². The van der Waals surface area contributed by atoms with Crippen molar-refractivity contribution in [3.8, 4) is 11.5 Å². The van der Waals surface area contributed by atoms with Crippen LogP contribution in [0.15, 0.2) is 24.3 Å². The van der Waals surface area contributed by atoms with Crippen LogP contribution in [0.25, 0.3) is 0 Å². The summed E-state index contributed by atoms with van der Waals surface area (Å²) in [7, 11) is 0. The fourth-order valence-corrected chi connectivity index (χ4v) is 1.25. The Morgan fingerprint density at radius 3 is 2.85 bits per heavy atom. The van der Waals surface area contributed by atoms with Crippen LogP contribution in [0.5, 0.6) is 11.5 Å². The lowest BCUT2D eigenvalue weighted by Gasteiger charge is -2.13. The zero-order chi connectivity index (χ0) is 9.68. The first-order valence-corrected chi connectivity index (χ1v) is 4.68. The Labute approximate surface area is 79.2 Å². The molecule has 2 nitrogen and oxygen atoms in total. The van der Waals surface area contributed by atoms with Crippen molar-refractivity contribution in [2.45, 2.75) is 32.8 Å². The van der Waals surface area contributed by atoms with Gasteiger partial charge in [-0.05, 0) is 25.5 Å². The molecule has 0 aliphatic carbocycles. The highest BCUT2D eigenvalue weighted by molar-refractivity contribution is 5.31. The van der Waals surface area contributed by atoms with Gasteiger partial charge in [0.25, 0.3) is 0 Å². The quantitative estimate of drug-likeness (QED) is 0.771. The van der Waals surface area contributed by atoms with E-state index in [4.69, 9.17) is 4.74 Å². The Morgan fingerprint density at radius 1 is 1.46 bits per heavy atom. The monoisotopic (exact) mass is 180 g/mol. The van der Waals surface area contributed by atoms with E-state index in [1.807, 2.05) is 13.0 Å². The van der Waals surface area contributed by atoms with Gasteiger partial charge in [-0.25, -0.2) is 0 Å². The van der Waals surface area contributed by atoms with Crippen LogP contribution < -0.4 is 4.74 Å². The van der Waals surface area contributed by atoms with E-state index in [0.717, 1.165) is 18.6 Å². The Balaban J connectivity index is 2.53. The van der Waals surface area contributed by atoms with Crippen LogP contribution in [-0.2, 0) is 0 Å². The SMILES string of the molecule is CCCC(C)Oc1cccc(O)c1. The highest BCUT2D eigenvalue weighted by Crippen LogP contribution is 2.19. The molecule has 0 saturated carbocycles. The number of aromatic hydroxyl groups is 1. The molecule has 72 valence electrons. The highest BCUT2D eigenvalue weighted by atomic mass is 16.5. The van der Waals surface area contributed by atoms with Crippen molar-refractivity contribution in [1.82, 2.24) is 0 Å². The van der Waals surface area contributed by atoms with E-state index in [-0.39, 0.29) is 11.9 Å². The second kappa shape index (κ2) is 4.75. The predicted octanol–water partition coefficient (Wildman–Crippen LogP) is 2.96. The maximum absolute atomic E-state index is 9.18. The third-order valence-electron chi connectivity index (χ3n) is 1.85. The van der Waals surface area contributed by atoms with Crippen molar-refractivity contribution in [3.05, 3.63) is 24.3 Å². The fourth-order valence-electron chi connectivity index (χ4n) is 1.25.